The van der Waals surface area contributed by atoms with Gasteiger partial charge in [0.25, 0.3) is 0 Å². The molecule has 172 valence electrons. The zero-order valence-corrected chi connectivity index (χ0v) is 19.3. The predicted octanol–water partition coefficient (Wildman–Crippen LogP) is 4.84. The van der Waals surface area contributed by atoms with Crippen LogP contribution in [0.1, 0.15) is 38.8 Å². The Labute approximate surface area is 194 Å². The van der Waals surface area contributed by atoms with Crippen molar-refractivity contribution in [2.75, 3.05) is 11.9 Å². The van der Waals surface area contributed by atoms with Crippen LogP contribution in [-0.4, -0.2) is 37.0 Å². The van der Waals surface area contributed by atoms with Crippen LogP contribution in [0.3, 0.4) is 0 Å². The number of benzene rings is 2. The zero-order chi connectivity index (χ0) is 23.8. The highest BCUT2D eigenvalue weighted by Gasteiger charge is 2.30. The van der Waals surface area contributed by atoms with Crippen LogP contribution >= 0.6 is 0 Å². The molecule has 0 unspecified atom stereocenters. The van der Waals surface area contributed by atoms with Gasteiger partial charge in [0.1, 0.15) is 24.9 Å². The molecule has 0 spiro atoms. The summed E-state index contributed by atoms with van der Waals surface area (Å²) < 4.78 is 16.6. The van der Waals surface area contributed by atoms with E-state index in [1.54, 1.807) is 36.4 Å². The van der Waals surface area contributed by atoms with Crippen molar-refractivity contribution in [2.24, 2.45) is 0 Å². The van der Waals surface area contributed by atoms with E-state index >= 15 is 0 Å². The minimum atomic E-state index is -0.678. The first-order valence-electron chi connectivity index (χ1n) is 10.8. The average Bonchev–Trinajstić information content (AvgIpc) is 2.77. The smallest absolute Gasteiger partial charge is 0.411 e. The molecule has 1 aliphatic heterocycles. The third-order valence-electron chi connectivity index (χ3n) is 4.97. The molecule has 1 N–H and O–H groups in total. The summed E-state index contributed by atoms with van der Waals surface area (Å²) in [5.74, 6) is 5.74. The minimum absolute atomic E-state index is 0.0763. The third kappa shape index (κ3) is 7.51. The van der Waals surface area contributed by atoms with E-state index in [0.29, 0.717) is 5.69 Å². The van der Waals surface area contributed by atoms with Gasteiger partial charge in [-0.05, 0) is 47.4 Å². The molecule has 0 bridgehead atoms. The van der Waals surface area contributed by atoms with Crippen LogP contribution in [0.2, 0.25) is 0 Å². The second kappa shape index (κ2) is 10.8. The second-order valence-electron chi connectivity index (χ2n) is 8.74. The Morgan fingerprint density at radius 1 is 1.03 bits per heavy atom. The summed E-state index contributed by atoms with van der Waals surface area (Å²) in [6, 6.07) is 17.1. The molecule has 0 aromatic heterocycles. The van der Waals surface area contributed by atoms with Crippen molar-refractivity contribution in [3.05, 3.63) is 77.9 Å². The van der Waals surface area contributed by atoms with Gasteiger partial charge in [-0.15, -0.1) is 0 Å². The minimum Gasteiger partial charge on any atom is -0.455 e. The average molecular weight is 448 g/mol. The van der Waals surface area contributed by atoms with Crippen LogP contribution < -0.4 is 5.32 Å². The molecule has 6 nitrogen and oxygen atoms in total. The van der Waals surface area contributed by atoms with Crippen molar-refractivity contribution in [1.82, 2.24) is 0 Å². The number of carbonyl (C=O) groups excluding carboxylic acids is 2. The Kier molecular flexibility index (Phi) is 7.92. The van der Waals surface area contributed by atoms with Crippen LogP contribution in [0.25, 0.3) is 0 Å². The van der Waals surface area contributed by atoms with E-state index in [1.165, 1.54) is 12.5 Å². The first-order valence-corrected chi connectivity index (χ1v) is 10.8. The highest BCUT2D eigenvalue weighted by atomic mass is 16.6. The Balaban J connectivity index is 1.64. The van der Waals surface area contributed by atoms with Crippen LogP contribution in [-0.2, 0) is 24.4 Å². The molecular formula is C27H29NO5. The number of hydrogen-bond donors (Lipinski definition) is 1. The molecular weight excluding hydrogens is 418 g/mol. The van der Waals surface area contributed by atoms with E-state index < -0.39 is 30.4 Å². The van der Waals surface area contributed by atoms with E-state index in [-0.39, 0.29) is 12.0 Å². The fraction of sp³-hybridized carbons (Fsp3) is 0.333. The van der Waals surface area contributed by atoms with E-state index in [1.807, 2.05) is 18.2 Å². The zero-order valence-electron chi connectivity index (χ0n) is 19.3. The maximum Gasteiger partial charge on any atom is 0.411 e. The maximum absolute atomic E-state index is 12.1. The molecule has 6 heteroatoms. The van der Waals surface area contributed by atoms with Gasteiger partial charge in [0.05, 0.1) is 0 Å². The second-order valence-corrected chi connectivity index (χ2v) is 8.74. The van der Waals surface area contributed by atoms with Gasteiger partial charge in [-0.1, -0.05) is 62.9 Å². The van der Waals surface area contributed by atoms with Gasteiger partial charge in [0.15, 0.2) is 0 Å². The molecule has 0 saturated heterocycles. The highest BCUT2D eigenvalue weighted by molar-refractivity contribution is 5.84. The SMILES string of the molecule is CC(=O)O[C@@H]1C=C[C@@H](C#Cc2ccc(C(C)(C)C)cc2)O[C@@H]1COC(=O)Nc1ccccc1. The largest absolute Gasteiger partial charge is 0.455 e. The van der Waals surface area contributed by atoms with Gasteiger partial charge in [-0.3, -0.25) is 10.1 Å². The Morgan fingerprint density at radius 3 is 2.36 bits per heavy atom. The van der Waals surface area contributed by atoms with Crippen molar-refractivity contribution in [1.29, 1.82) is 0 Å². The molecule has 3 atom stereocenters. The summed E-state index contributed by atoms with van der Waals surface area (Å²) >= 11 is 0. The van der Waals surface area contributed by atoms with Crippen LogP contribution in [0.15, 0.2) is 66.7 Å². The quantitative estimate of drug-likeness (QED) is 0.412. The summed E-state index contributed by atoms with van der Waals surface area (Å²) in [7, 11) is 0. The van der Waals surface area contributed by atoms with Gasteiger partial charge in [-0.2, -0.15) is 0 Å². The normalized spacial score (nSPS) is 19.7. The summed E-state index contributed by atoms with van der Waals surface area (Å²) in [5, 5.41) is 2.64. The van der Waals surface area contributed by atoms with Crippen LogP contribution in [0.5, 0.6) is 0 Å². The van der Waals surface area contributed by atoms with Gasteiger partial charge in [0.2, 0.25) is 0 Å². The fourth-order valence-electron chi connectivity index (χ4n) is 3.21. The van der Waals surface area contributed by atoms with Crippen LogP contribution in [0, 0.1) is 11.8 Å². The van der Waals surface area contributed by atoms with Crippen molar-refractivity contribution in [3.8, 4) is 11.8 Å². The number of hydrogen-bond acceptors (Lipinski definition) is 5. The van der Waals surface area contributed by atoms with Crippen molar-refractivity contribution in [3.63, 3.8) is 0 Å². The van der Waals surface area contributed by atoms with Gasteiger partial charge in [0, 0.05) is 18.2 Å². The number of rotatable bonds is 4. The number of nitrogens with one attached hydrogen (secondary N) is 1. The summed E-state index contributed by atoms with van der Waals surface area (Å²) in [5.41, 5.74) is 2.80. The number of para-hydroxylation sites is 1. The molecule has 33 heavy (non-hydrogen) atoms. The van der Waals surface area contributed by atoms with Gasteiger partial charge >= 0.3 is 12.1 Å². The number of amides is 1. The summed E-state index contributed by atoms with van der Waals surface area (Å²) in [6.45, 7) is 7.71. The Morgan fingerprint density at radius 2 is 1.73 bits per heavy atom. The molecule has 0 aliphatic carbocycles. The lowest BCUT2D eigenvalue weighted by Crippen LogP contribution is -2.41. The van der Waals surface area contributed by atoms with E-state index in [2.05, 4.69) is 50.1 Å². The summed E-state index contributed by atoms with van der Waals surface area (Å²) in [6.07, 6.45) is 0.965. The number of anilines is 1. The lowest BCUT2D eigenvalue weighted by molar-refractivity contribution is -0.155. The van der Waals surface area contributed by atoms with E-state index in [0.717, 1.165) is 5.56 Å². The fourth-order valence-corrected chi connectivity index (χ4v) is 3.21. The van der Waals surface area contributed by atoms with Crippen molar-refractivity contribution < 1.29 is 23.8 Å². The van der Waals surface area contributed by atoms with E-state index in [4.69, 9.17) is 14.2 Å². The molecule has 1 amide bonds. The molecule has 2 aromatic rings. The van der Waals surface area contributed by atoms with Crippen molar-refractivity contribution >= 4 is 17.7 Å². The molecule has 0 saturated carbocycles. The summed E-state index contributed by atoms with van der Waals surface area (Å²) in [4.78, 5) is 23.6. The number of esters is 1. The maximum atomic E-state index is 12.1. The molecule has 1 heterocycles. The number of ether oxygens (including phenoxy) is 3. The first kappa shape index (κ1) is 24.1. The number of carbonyl (C=O) groups is 2. The Hall–Kier alpha value is -3.56. The predicted molar refractivity (Wildman–Crippen MR) is 127 cm³/mol. The van der Waals surface area contributed by atoms with Crippen molar-refractivity contribution in [2.45, 2.75) is 51.4 Å². The molecule has 2 aromatic carbocycles. The van der Waals surface area contributed by atoms with E-state index in [9.17, 15) is 9.59 Å². The topological polar surface area (TPSA) is 73.9 Å². The third-order valence-corrected chi connectivity index (χ3v) is 4.97. The lowest BCUT2D eigenvalue weighted by atomic mass is 9.87. The monoisotopic (exact) mass is 447 g/mol. The van der Waals surface area contributed by atoms with Gasteiger partial charge < -0.3 is 14.2 Å². The standard InChI is InChI=1S/C27H29NO5/c1-19(29)32-24-17-16-23(15-12-20-10-13-21(14-11-20)27(2,3)4)33-25(24)18-31-26(30)28-22-8-6-5-7-9-22/h5-11,13-14,16-17,23-25H,18H2,1-4H3,(H,28,30)/t23-,24-,25-/m1/s1. The Bertz CT molecular complexity index is 1040. The highest BCUT2D eigenvalue weighted by Crippen LogP contribution is 2.22. The first-order chi connectivity index (χ1) is 15.7. The molecule has 3 rings (SSSR count). The lowest BCUT2D eigenvalue weighted by Gasteiger charge is -2.29. The van der Waals surface area contributed by atoms with Crippen LogP contribution in [0.4, 0.5) is 10.5 Å². The molecule has 0 radical (unpaired) electrons. The molecule has 1 aliphatic rings. The van der Waals surface area contributed by atoms with Gasteiger partial charge in [-0.25, -0.2) is 4.79 Å². The molecule has 0 fully saturated rings.